The van der Waals surface area contributed by atoms with Gasteiger partial charge in [-0.15, -0.1) is 0 Å². The first-order valence-electron chi connectivity index (χ1n) is 4.57. The Labute approximate surface area is 86.4 Å². The molecule has 0 spiro atoms. The highest BCUT2D eigenvalue weighted by atomic mass is 16.5. The molecule has 0 aliphatic heterocycles. The predicted molar refractivity (Wildman–Crippen MR) is 56.2 cm³/mol. The fourth-order valence-corrected chi connectivity index (χ4v) is 1.55. The van der Waals surface area contributed by atoms with Gasteiger partial charge >= 0.3 is 5.56 Å². The van der Waals surface area contributed by atoms with Crippen LogP contribution in [0.5, 0.6) is 0 Å². The summed E-state index contributed by atoms with van der Waals surface area (Å²) < 4.78 is 0.601. The zero-order chi connectivity index (χ0) is 10.8. The van der Waals surface area contributed by atoms with E-state index < -0.39 is 0 Å². The summed E-state index contributed by atoms with van der Waals surface area (Å²) in [6.45, 7) is 1.71. The van der Waals surface area contributed by atoms with E-state index in [0.717, 1.165) is 11.8 Å². The number of rotatable bonds is 1. The van der Waals surface area contributed by atoms with Gasteiger partial charge in [0, 0.05) is 5.56 Å². The summed E-state index contributed by atoms with van der Waals surface area (Å²) in [6.07, 6.45) is 0.995. The van der Waals surface area contributed by atoms with Crippen molar-refractivity contribution < 1.29 is 4.73 Å². The average Bonchev–Trinajstić information content (AvgIpc) is 2.17. The number of aryl methyl sites for hydroxylation is 1. The summed E-state index contributed by atoms with van der Waals surface area (Å²) in [5.74, 6) is 0. The minimum absolute atomic E-state index is 0.387. The lowest BCUT2D eigenvalue weighted by Gasteiger charge is -2.05. The number of H-pyrrole nitrogens is 1. The molecule has 1 N–H and O–H groups in total. The lowest BCUT2D eigenvalue weighted by atomic mass is 10.1. The Morgan fingerprint density at radius 1 is 1.27 bits per heavy atom. The smallest absolute Gasteiger partial charge is 0.313 e. The molecule has 0 aliphatic rings. The topological polar surface area (TPSA) is 59.8 Å². The van der Waals surface area contributed by atoms with Crippen LogP contribution in [0.25, 0.3) is 11.3 Å². The van der Waals surface area contributed by atoms with Crippen LogP contribution in [0.4, 0.5) is 0 Å². The molecule has 0 fully saturated rings. The molecule has 0 radical (unpaired) electrons. The van der Waals surface area contributed by atoms with Gasteiger partial charge in [-0.3, -0.25) is 4.79 Å². The second-order valence-corrected chi connectivity index (χ2v) is 3.28. The van der Waals surface area contributed by atoms with Crippen molar-refractivity contribution in [3.05, 3.63) is 57.8 Å². The zero-order valence-electron chi connectivity index (χ0n) is 8.23. The number of aromatic amines is 1. The van der Waals surface area contributed by atoms with Crippen LogP contribution in [0.3, 0.4) is 0 Å². The Balaban J connectivity index is 2.69. The minimum Gasteiger partial charge on any atom is -0.618 e. The molecule has 76 valence electrons. The van der Waals surface area contributed by atoms with E-state index in [4.69, 9.17) is 0 Å². The molecule has 1 aromatic heterocycles. The van der Waals surface area contributed by atoms with E-state index in [2.05, 4.69) is 4.98 Å². The molecule has 0 amide bonds. The Morgan fingerprint density at radius 2 is 1.93 bits per heavy atom. The van der Waals surface area contributed by atoms with Crippen molar-refractivity contribution in [2.75, 3.05) is 0 Å². The first-order valence-corrected chi connectivity index (χ1v) is 4.57. The fourth-order valence-electron chi connectivity index (χ4n) is 1.55. The van der Waals surface area contributed by atoms with E-state index in [1.807, 2.05) is 30.3 Å². The average molecular weight is 202 g/mol. The van der Waals surface area contributed by atoms with E-state index >= 15 is 0 Å². The molecule has 0 bridgehead atoms. The highest BCUT2D eigenvalue weighted by molar-refractivity contribution is 5.57. The molecule has 0 saturated carbocycles. The highest BCUT2D eigenvalue weighted by Crippen LogP contribution is 2.15. The van der Waals surface area contributed by atoms with Crippen molar-refractivity contribution in [3.63, 3.8) is 0 Å². The molecule has 4 heteroatoms. The molecule has 0 aliphatic carbocycles. The van der Waals surface area contributed by atoms with E-state index in [1.54, 1.807) is 6.92 Å². The summed E-state index contributed by atoms with van der Waals surface area (Å²) >= 11 is 0. The van der Waals surface area contributed by atoms with Gasteiger partial charge in [0.15, 0.2) is 0 Å². The number of hydrogen-bond donors (Lipinski definition) is 1. The lowest BCUT2D eigenvalue weighted by molar-refractivity contribution is -0.595. The van der Waals surface area contributed by atoms with Crippen LogP contribution < -0.4 is 10.3 Å². The van der Waals surface area contributed by atoms with Crippen molar-refractivity contribution >= 4 is 0 Å². The van der Waals surface area contributed by atoms with Gasteiger partial charge in [0.2, 0.25) is 11.9 Å². The van der Waals surface area contributed by atoms with Gasteiger partial charge in [-0.25, -0.2) is 0 Å². The third-order valence-electron chi connectivity index (χ3n) is 2.17. The fraction of sp³-hybridized carbons (Fsp3) is 0.0909. The van der Waals surface area contributed by atoms with Gasteiger partial charge < -0.3 is 10.2 Å². The van der Waals surface area contributed by atoms with Gasteiger partial charge in [-0.1, -0.05) is 18.2 Å². The van der Waals surface area contributed by atoms with Crippen LogP contribution in [0.15, 0.2) is 41.3 Å². The summed E-state index contributed by atoms with van der Waals surface area (Å²) in [5.41, 5.74) is 1.46. The van der Waals surface area contributed by atoms with Crippen LogP contribution in [0, 0.1) is 12.1 Å². The van der Waals surface area contributed by atoms with Crippen LogP contribution >= 0.6 is 0 Å². The molecule has 1 heterocycles. The van der Waals surface area contributed by atoms with Crippen molar-refractivity contribution in [2.24, 2.45) is 0 Å². The molecule has 0 saturated heterocycles. The third kappa shape index (κ3) is 1.74. The quantitative estimate of drug-likeness (QED) is 0.553. The maximum Gasteiger partial charge on any atom is 0.313 e. The van der Waals surface area contributed by atoms with Gasteiger partial charge in [0.1, 0.15) is 0 Å². The Morgan fingerprint density at radius 3 is 2.53 bits per heavy atom. The number of benzene rings is 1. The normalized spacial score (nSPS) is 10.2. The molecular weight excluding hydrogens is 192 g/mol. The summed E-state index contributed by atoms with van der Waals surface area (Å²) in [5, 5.41) is 11.6. The van der Waals surface area contributed by atoms with Crippen LogP contribution in [0.1, 0.15) is 5.69 Å². The van der Waals surface area contributed by atoms with Crippen LogP contribution in [-0.4, -0.2) is 4.98 Å². The minimum atomic E-state index is -0.387. The number of nitrogens with zero attached hydrogens (tertiary/aromatic N) is 1. The van der Waals surface area contributed by atoms with Crippen LogP contribution in [0.2, 0.25) is 0 Å². The van der Waals surface area contributed by atoms with E-state index in [1.165, 1.54) is 0 Å². The first kappa shape index (κ1) is 9.45. The first-order chi connectivity index (χ1) is 7.18. The molecule has 1 aromatic carbocycles. The molecule has 15 heavy (non-hydrogen) atoms. The summed E-state index contributed by atoms with van der Waals surface area (Å²) in [7, 11) is 0. The molecule has 4 nitrogen and oxygen atoms in total. The van der Waals surface area contributed by atoms with Gasteiger partial charge in [-0.2, -0.15) is 4.73 Å². The second-order valence-electron chi connectivity index (χ2n) is 3.28. The maximum absolute atomic E-state index is 11.6. The standard InChI is InChI=1S/C11H10N2O2/c1-8-11(9-5-3-2-4-6-9)13(15)7-10(14)12-8/h2-7H,1H3,(H,12,14). The number of hydrogen-bond acceptors (Lipinski definition) is 2. The zero-order valence-corrected chi connectivity index (χ0v) is 8.23. The Bertz CT molecular complexity index is 506. The van der Waals surface area contributed by atoms with Gasteiger partial charge in [0.05, 0.1) is 5.69 Å². The molecule has 0 atom stereocenters. The van der Waals surface area contributed by atoms with Crippen molar-refractivity contribution in [2.45, 2.75) is 6.92 Å². The van der Waals surface area contributed by atoms with E-state index in [9.17, 15) is 10.0 Å². The third-order valence-corrected chi connectivity index (χ3v) is 2.17. The Hall–Kier alpha value is -2.10. The monoisotopic (exact) mass is 202 g/mol. The van der Waals surface area contributed by atoms with Crippen molar-refractivity contribution in [3.8, 4) is 11.3 Å². The summed E-state index contributed by atoms with van der Waals surface area (Å²) in [4.78, 5) is 13.6. The number of nitrogens with one attached hydrogen (secondary N) is 1. The largest absolute Gasteiger partial charge is 0.618 e. The van der Waals surface area contributed by atoms with E-state index in [0.29, 0.717) is 16.1 Å². The van der Waals surface area contributed by atoms with Crippen LogP contribution in [-0.2, 0) is 0 Å². The second kappa shape index (κ2) is 3.57. The summed E-state index contributed by atoms with van der Waals surface area (Å²) in [6, 6.07) is 9.23. The van der Waals surface area contributed by atoms with Crippen molar-refractivity contribution in [1.82, 2.24) is 4.98 Å². The SMILES string of the molecule is Cc1[nH]c(=O)c[n+]([O-])c1-c1ccccc1. The molecule has 0 unspecified atom stereocenters. The van der Waals surface area contributed by atoms with E-state index in [-0.39, 0.29) is 5.56 Å². The molecule has 2 aromatic rings. The molecule has 2 rings (SSSR count). The van der Waals surface area contributed by atoms with Gasteiger partial charge in [-0.05, 0) is 19.1 Å². The maximum atomic E-state index is 11.6. The Kier molecular flexibility index (Phi) is 2.25. The number of aromatic nitrogens is 2. The lowest BCUT2D eigenvalue weighted by Crippen LogP contribution is -2.35. The highest BCUT2D eigenvalue weighted by Gasteiger charge is 2.12. The van der Waals surface area contributed by atoms with Crippen molar-refractivity contribution in [1.29, 1.82) is 0 Å². The predicted octanol–water partition coefficient (Wildman–Crippen LogP) is 0.984. The molecular formula is C11H10N2O2. The van der Waals surface area contributed by atoms with Gasteiger partial charge in [0.25, 0.3) is 0 Å².